The smallest absolute Gasteiger partial charge is 0.312 e. The fourth-order valence-corrected chi connectivity index (χ4v) is 4.72. The monoisotopic (exact) mass is 529 g/mol. The van der Waals surface area contributed by atoms with Gasteiger partial charge in [-0.1, -0.05) is 24.3 Å². The second kappa shape index (κ2) is 9.75. The van der Waals surface area contributed by atoms with Crippen molar-refractivity contribution < 1.29 is 37.0 Å². The maximum absolute atomic E-state index is 13.7. The van der Waals surface area contributed by atoms with Crippen LogP contribution in [0.4, 0.5) is 13.2 Å². The van der Waals surface area contributed by atoms with Gasteiger partial charge in [-0.05, 0) is 54.1 Å². The molecule has 0 fully saturated rings. The highest BCUT2D eigenvalue weighted by Crippen LogP contribution is 2.50. The van der Waals surface area contributed by atoms with Crippen molar-refractivity contribution in [1.82, 2.24) is 4.98 Å². The number of ether oxygens (including phenoxy) is 3. The molecule has 1 aromatic heterocycles. The molecule has 4 aromatic rings. The molecule has 1 unspecified atom stereocenters. The Morgan fingerprint density at radius 2 is 1.72 bits per heavy atom. The molecule has 39 heavy (non-hydrogen) atoms. The maximum atomic E-state index is 13.7. The van der Waals surface area contributed by atoms with E-state index in [1.54, 1.807) is 30.5 Å². The number of ketones is 1. The second-order valence-electron chi connectivity index (χ2n) is 8.97. The normalized spacial score (nSPS) is 16.9. The number of carbonyl (C=O) groups is 2. The van der Waals surface area contributed by atoms with Crippen molar-refractivity contribution in [3.8, 4) is 17.2 Å². The molecule has 3 heterocycles. The molecule has 0 radical (unpaired) electrons. The summed E-state index contributed by atoms with van der Waals surface area (Å²) in [6, 6.07) is 17.2. The number of hydrogen-bond donors (Lipinski definition) is 0. The molecule has 0 saturated carbocycles. The van der Waals surface area contributed by atoms with Crippen LogP contribution >= 0.6 is 0 Å². The van der Waals surface area contributed by atoms with Crippen LogP contribution in [0.3, 0.4) is 0 Å². The van der Waals surface area contributed by atoms with E-state index < -0.39 is 35.1 Å². The third-order valence-electron chi connectivity index (χ3n) is 6.48. The summed E-state index contributed by atoms with van der Waals surface area (Å²) in [5, 5.41) is 0. The Balaban J connectivity index is 1.39. The number of aromatic nitrogens is 1. The van der Waals surface area contributed by atoms with Crippen molar-refractivity contribution in [2.24, 2.45) is 0 Å². The Kier molecular flexibility index (Phi) is 6.11. The number of nitrogens with zero attached hydrogens (tertiary/aromatic N) is 1. The molecule has 6 rings (SSSR count). The predicted octanol–water partition coefficient (Wildman–Crippen LogP) is 6.14. The molecule has 6 nitrogen and oxygen atoms in total. The zero-order chi connectivity index (χ0) is 27.1. The van der Waals surface area contributed by atoms with E-state index in [1.807, 2.05) is 18.2 Å². The van der Waals surface area contributed by atoms with Gasteiger partial charge in [-0.3, -0.25) is 14.6 Å². The molecule has 2 aliphatic rings. The predicted molar refractivity (Wildman–Crippen MR) is 133 cm³/mol. The van der Waals surface area contributed by atoms with Gasteiger partial charge in [0.05, 0.1) is 17.7 Å². The van der Waals surface area contributed by atoms with Gasteiger partial charge in [0.15, 0.2) is 23.2 Å². The molecule has 0 N–H and O–H groups in total. The standard InChI is InChI=1S/C30H18F3NO5/c31-21-11-16(12-22(32)28(21)33)13-25-29(36)19-8-9-24-27(30(19)39-25)20(14-26(35)38-24)18-6-1-2-7-23(18)37-15-17-5-3-4-10-34-17/h1-13,20H,14-15H2/b25-13-. The van der Waals surface area contributed by atoms with E-state index in [0.29, 0.717) is 22.6 Å². The zero-order valence-corrected chi connectivity index (χ0v) is 20.1. The highest BCUT2D eigenvalue weighted by molar-refractivity contribution is 6.15. The average molecular weight is 529 g/mol. The molecule has 3 aromatic carbocycles. The number of halogens is 3. The average Bonchev–Trinajstić information content (AvgIpc) is 3.25. The number of fused-ring (bicyclic) bond motifs is 3. The maximum Gasteiger partial charge on any atom is 0.312 e. The second-order valence-corrected chi connectivity index (χ2v) is 8.97. The summed E-state index contributed by atoms with van der Waals surface area (Å²) < 4.78 is 58.4. The number of carbonyl (C=O) groups excluding carboxylic acids is 2. The van der Waals surface area contributed by atoms with Crippen molar-refractivity contribution >= 4 is 17.8 Å². The SMILES string of the molecule is O=C1CC(c2ccccc2OCc2ccccn2)c2c(ccc3c2O/C(=C\c2cc(F)c(F)c(F)c2)C3=O)O1. The first-order chi connectivity index (χ1) is 18.9. The topological polar surface area (TPSA) is 74.7 Å². The Labute approximate surface area is 220 Å². The first-order valence-corrected chi connectivity index (χ1v) is 12.0. The fraction of sp³-hybridized carbons (Fsp3) is 0.100. The minimum Gasteiger partial charge on any atom is -0.487 e. The molecule has 1 atom stereocenters. The molecular weight excluding hydrogens is 511 g/mol. The lowest BCUT2D eigenvalue weighted by molar-refractivity contribution is -0.135. The Bertz CT molecular complexity index is 1650. The number of esters is 1. The van der Waals surface area contributed by atoms with E-state index in [0.717, 1.165) is 18.2 Å². The van der Waals surface area contributed by atoms with Gasteiger partial charge in [0.1, 0.15) is 23.9 Å². The fourth-order valence-electron chi connectivity index (χ4n) is 4.72. The molecule has 9 heteroatoms. The zero-order valence-electron chi connectivity index (χ0n) is 20.1. The number of para-hydroxylation sites is 1. The summed E-state index contributed by atoms with van der Waals surface area (Å²) in [7, 11) is 0. The lowest BCUT2D eigenvalue weighted by atomic mass is 9.84. The number of allylic oxidation sites excluding steroid dienone is 1. The molecular formula is C30H18F3NO5. The molecule has 0 bridgehead atoms. The number of pyridine rings is 1. The molecule has 0 saturated heterocycles. The van der Waals surface area contributed by atoms with Gasteiger partial charge >= 0.3 is 5.97 Å². The van der Waals surface area contributed by atoms with Crippen LogP contribution in [0, 0.1) is 17.5 Å². The summed E-state index contributed by atoms with van der Waals surface area (Å²) in [5.41, 5.74) is 1.96. The largest absolute Gasteiger partial charge is 0.487 e. The van der Waals surface area contributed by atoms with Crippen molar-refractivity contribution in [2.45, 2.75) is 18.9 Å². The van der Waals surface area contributed by atoms with Gasteiger partial charge in [0.25, 0.3) is 0 Å². The Hall–Kier alpha value is -4.92. The highest BCUT2D eigenvalue weighted by atomic mass is 19.2. The molecule has 2 aliphatic heterocycles. The molecule has 0 spiro atoms. The number of hydrogen-bond acceptors (Lipinski definition) is 6. The first kappa shape index (κ1) is 24.4. The number of rotatable bonds is 5. The van der Waals surface area contributed by atoms with Gasteiger partial charge in [0, 0.05) is 23.2 Å². The van der Waals surface area contributed by atoms with E-state index in [-0.39, 0.29) is 41.4 Å². The Morgan fingerprint density at radius 3 is 2.49 bits per heavy atom. The third-order valence-corrected chi connectivity index (χ3v) is 6.48. The molecule has 0 amide bonds. The van der Waals surface area contributed by atoms with Gasteiger partial charge < -0.3 is 14.2 Å². The highest BCUT2D eigenvalue weighted by Gasteiger charge is 2.39. The quantitative estimate of drug-likeness (QED) is 0.134. The van der Waals surface area contributed by atoms with Crippen LogP contribution in [0.2, 0.25) is 0 Å². The molecule has 0 aliphatic carbocycles. The van der Waals surface area contributed by atoms with Crippen LogP contribution in [-0.4, -0.2) is 16.7 Å². The van der Waals surface area contributed by atoms with Gasteiger partial charge in [0.2, 0.25) is 5.78 Å². The minimum absolute atomic E-state index is 0.0433. The van der Waals surface area contributed by atoms with Crippen LogP contribution < -0.4 is 14.2 Å². The summed E-state index contributed by atoms with van der Waals surface area (Å²) in [6.45, 7) is 0.196. The van der Waals surface area contributed by atoms with E-state index in [4.69, 9.17) is 14.2 Å². The van der Waals surface area contributed by atoms with Crippen LogP contribution in [0.15, 0.2) is 78.7 Å². The minimum atomic E-state index is -1.61. The lowest BCUT2D eigenvalue weighted by Crippen LogP contribution is -2.22. The van der Waals surface area contributed by atoms with Crippen LogP contribution in [0.5, 0.6) is 17.2 Å². The van der Waals surface area contributed by atoms with Crippen LogP contribution in [-0.2, 0) is 11.4 Å². The van der Waals surface area contributed by atoms with Crippen LogP contribution in [0.1, 0.15) is 45.1 Å². The van der Waals surface area contributed by atoms with Crippen LogP contribution in [0.25, 0.3) is 6.08 Å². The number of benzene rings is 3. The van der Waals surface area contributed by atoms with Crippen molar-refractivity contribution in [3.63, 3.8) is 0 Å². The summed E-state index contributed by atoms with van der Waals surface area (Å²) >= 11 is 0. The summed E-state index contributed by atoms with van der Waals surface area (Å²) in [4.78, 5) is 30.0. The summed E-state index contributed by atoms with van der Waals surface area (Å²) in [6.07, 6.45) is 2.75. The molecule has 194 valence electrons. The third kappa shape index (κ3) is 4.52. The van der Waals surface area contributed by atoms with E-state index in [9.17, 15) is 22.8 Å². The van der Waals surface area contributed by atoms with E-state index >= 15 is 0 Å². The van der Waals surface area contributed by atoms with Crippen molar-refractivity contribution in [3.05, 3.63) is 124 Å². The number of Topliss-reactive ketones (excluding diaryl/α,β-unsaturated/α-hetero) is 1. The summed E-state index contributed by atoms with van der Waals surface area (Å²) in [5.74, 6) is -5.27. The van der Waals surface area contributed by atoms with Crippen molar-refractivity contribution in [2.75, 3.05) is 0 Å². The van der Waals surface area contributed by atoms with Gasteiger partial charge in [-0.25, -0.2) is 13.2 Å². The van der Waals surface area contributed by atoms with Gasteiger partial charge in [-0.2, -0.15) is 0 Å². The van der Waals surface area contributed by atoms with E-state index in [2.05, 4.69) is 4.98 Å². The Morgan fingerprint density at radius 1 is 0.949 bits per heavy atom. The van der Waals surface area contributed by atoms with Gasteiger partial charge in [-0.15, -0.1) is 0 Å². The first-order valence-electron chi connectivity index (χ1n) is 12.0. The van der Waals surface area contributed by atoms with E-state index in [1.165, 1.54) is 12.1 Å². The lowest BCUT2D eigenvalue weighted by Gasteiger charge is -2.27. The van der Waals surface area contributed by atoms with Crippen molar-refractivity contribution in [1.29, 1.82) is 0 Å².